The van der Waals surface area contributed by atoms with Crippen LogP contribution in [0.4, 0.5) is 11.4 Å². The predicted molar refractivity (Wildman–Crippen MR) is 78.8 cm³/mol. The molecule has 0 atom stereocenters. The summed E-state index contributed by atoms with van der Waals surface area (Å²) in [6, 6.07) is 5.41. The van der Waals surface area contributed by atoms with Crippen LogP contribution in [0.25, 0.3) is 0 Å². The molecule has 1 aromatic carbocycles. The number of carbonyl (C=O) groups is 2. The summed E-state index contributed by atoms with van der Waals surface area (Å²) < 4.78 is 4.79. The van der Waals surface area contributed by atoms with Crippen LogP contribution in [-0.2, 0) is 9.53 Å². The van der Waals surface area contributed by atoms with Gasteiger partial charge in [0.1, 0.15) is 0 Å². The fourth-order valence-electron chi connectivity index (χ4n) is 1.60. The number of nitro benzene ring substituents is 1. The lowest BCUT2D eigenvalue weighted by Gasteiger charge is -2.06. The lowest BCUT2D eigenvalue weighted by molar-refractivity contribution is -0.384. The van der Waals surface area contributed by atoms with E-state index in [4.69, 9.17) is 4.74 Å². The van der Waals surface area contributed by atoms with E-state index in [1.54, 1.807) is 6.92 Å². The normalized spacial score (nSPS) is 9.96. The highest BCUT2D eigenvalue weighted by Gasteiger charge is 2.13. The highest BCUT2D eigenvalue weighted by Crippen LogP contribution is 2.16. The quantitative estimate of drug-likeness (QED) is 0.503. The van der Waals surface area contributed by atoms with Crippen LogP contribution in [0.15, 0.2) is 36.7 Å². The molecule has 0 fully saturated rings. The maximum absolute atomic E-state index is 11.7. The number of non-ortho nitro benzene ring substituents is 1. The van der Waals surface area contributed by atoms with E-state index >= 15 is 0 Å². The lowest BCUT2D eigenvalue weighted by Crippen LogP contribution is -2.21. The summed E-state index contributed by atoms with van der Waals surface area (Å²) in [6.07, 6.45) is 2.65. The second-order valence-corrected chi connectivity index (χ2v) is 4.47. The van der Waals surface area contributed by atoms with Gasteiger partial charge in [-0.05, 0) is 13.0 Å². The Kier molecular flexibility index (Phi) is 4.92. The number of carbonyl (C=O) groups excluding carboxylic acids is 2. The van der Waals surface area contributed by atoms with E-state index in [1.807, 2.05) is 0 Å². The Bertz CT molecular complexity index is 745. The van der Waals surface area contributed by atoms with Crippen molar-refractivity contribution >= 4 is 23.3 Å². The Morgan fingerprint density at radius 3 is 2.74 bits per heavy atom. The van der Waals surface area contributed by atoms with Crippen LogP contribution in [-0.4, -0.2) is 33.4 Å². The molecule has 2 aromatic rings. The molecule has 0 spiro atoms. The third-order valence-corrected chi connectivity index (χ3v) is 2.67. The molecule has 9 heteroatoms. The predicted octanol–water partition coefficient (Wildman–Crippen LogP) is 1.49. The van der Waals surface area contributed by atoms with Crippen LogP contribution in [0.3, 0.4) is 0 Å². The van der Waals surface area contributed by atoms with Gasteiger partial charge < -0.3 is 10.1 Å². The third kappa shape index (κ3) is 4.56. The van der Waals surface area contributed by atoms with Gasteiger partial charge in [0.15, 0.2) is 12.3 Å². The minimum Gasteiger partial charge on any atom is -0.451 e. The second kappa shape index (κ2) is 7.07. The van der Waals surface area contributed by atoms with Gasteiger partial charge in [0, 0.05) is 24.0 Å². The highest BCUT2D eigenvalue weighted by molar-refractivity contribution is 5.94. The molecule has 0 aliphatic heterocycles. The maximum Gasteiger partial charge on any atom is 0.359 e. The Hall–Kier alpha value is -3.36. The van der Waals surface area contributed by atoms with E-state index in [1.165, 1.54) is 36.7 Å². The molecule has 0 saturated carbocycles. The first-order valence-corrected chi connectivity index (χ1v) is 6.46. The largest absolute Gasteiger partial charge is 0.451 e. The van der Waals surface area contributed by atoms with Crippen LogP contribution in [0, 0.1) is 17.0 Å². The molecule has 23 heavy (non-hydrogen) atoms. The smallest absolute Gasteiger partial charge is 0.359 e. The highest BCUT2D eigenvalue weighted by atomic mass is 16.6. The number of hydrogen-bond acceptors (Lipinski definition) is 7. The average molecular weight is 316 g/mol. The molecule has 0 unspecified atom stereocenters. The Labute approximate surface area is 130 Å². The van der Waals surface area contributed by atoms with Gasteiger partial charge in [0.05, 0.1) is 16.8 Å². The fourth-order valence-corrected chi connectivity index (χ4v) is 1.60. The van der Waals surface area contributed by atoms with Gasteiger partial charge in [-0.25, -0.2) is 9.78 Å². The first-order chi connectivity index (χ1) is 11.0. The van der Waals surface area contributed by atoms with Gasteiger partial charge in [-0.15, -0.1) is 0 Å². The zero-order valence-electron chi connectivity index (χ0n) is 12.1. The van der Waals surface area contributed by atoms with Gasteiger partial charge in [-0.3, -0.25) is 19.9 Å². The van der Waals surface area contributed by atoms with Crippen LogP contribution >= 0.6 is 0 Å². The molecule has 0 bridgehead atoms. The summed E-state index contributed by atoms with van der Waals surface area (Å²) in [5, 5.41) is 13.0. The maximum atomic E-state index is 11.7. The molecular formula is C14H12N4O5. The van der Waals surface area contributed by atoms with Crippen LogP contribution < -0.4 is 5.32 Å². The van der Waals surface area contributed by atoms with Gasteiger partial charge in [-0.1, -0.05) is 6.07 Å². The van der Waals surface area contributed by atoms with Crippen LogP contribution in [0.1, 0.15) is 16.2 Å². The molecule has 9 nitrogen and oxygen atoms in total. The summed E-state index contributed by atoms with van der Waals surface area (Å²) in [6.45, 7) is 1.17. The molecule has 0 radical (unpaired) electrons. The summed E-state index contributed by atoms with van der Waals surface area (Å²) in [4.78, 5) is 41.1. The Morgan fingerprint density at radius 2 is 2.09 bits per heavy atom. The minimum absolute atomic E-state index is 0.0150. The van der Waals surface area contributed by atoms with E-state index in [2.05, 4.69) is 15.3 Å². The van der Waals surface area contributed by atoms with Crippen LogP contribution in [0.2, 0.25) is 0 Å². The molecule has 118 valence electrons. The molecule has 0 aliphatic rings. The van der Waals surface area contributed by atoms with E-state index in [-0.39, 0.29) is 17.1 Å². The molecule has 1 N–H and O–H groups in total. The van der Waals surface area contributed by atoms with E-state index in [0.29, 0.717) is 5.69 Å². The summed E-state index contributed by atoms with van der Waals surface area (Å²) in [5.74, 6) is -1.41. The number of esters is 1. The van der Waals surface area contributed by atoms with Crippen molar-refractivity contribution in [2.45, 2.75) is 6.92 Å². The molecule has 1 heterocycles. The Balaban J connectivity index is 1.90. The number of amides is 1. The summed E-state index contributed by atoms with van der Waals surface area (Å²) >= 11 is 0. The van der Waals surface area contributed by atoms with Crippen molar-refractivity contribution < 1.29 is 19.2 Å². The number of benzene rings is 1. The van der Waals surface area contributed by atoms with Gasteiger partial charge in [-0.2, -0.15) is 0 Å². The summed E-state index contributed by atoms with van der Waals surface area (Å²) in [7, 11) is 0. The van der Waals surface area contributed by atoms with Crippen molar-refractivity contribution in [1.82, 2.24) is 9.97 Å². The van der Waals surface area contributed by atoms with Gasteiger partial charge in [0.2, 0.25) is 0 Å². The topological polar surface area (TPSA) is 124 Å². The van der Waals surface area contributed by atoms with E-state index in [9.17, 15) is 19.7 Å². The monoisotopic (exact) mass is 316 g/mol. The van der Waals surface area contributed by atoms with Crippen LogP contribution in [0.5, 0.6) is 0 Å². The van der Waals surface area contributed by atoms with Crippen molar-refractivity contribution in [3.63, 3.8) is 0 Å². The first kappa shape index (κ1) is 16.0. The zero-order chi connectivity index (χ0) is 16.8. The fraction of sp³-hybridized carbons (Fsp3) is 0.143. The first-order valence-electron chi connectivity index (χ1n) is 6.46. The zero-order valence-corrected chi connectivity index (χ0v) is 12.1. The van der Waals surface area contributed by atoms with Crippen molar-refractivity contribution in [2.75, 3.05) is 11.9 Å². The average Bonchev–Trinajstić information content (AvgIpc) is 2.53. The summed E-state index contributed by atoms with van der Waals surface area (Å²) in [5.41, 5.74) is 0.703. The van der Waals surface area contributed by atoms with Crippen molar-refractivity contribution in [3.05, 3.63) is 58.2 Å². The molecule has 2 rings (SSSR count). The minimum atomic E-state index is -0.785. The molecule has 0 saturated heterocycles. The molecular weight excluding hydrogens is 304 g/mol. The number of nitrogens with one attached hydrogen (secondary N) is 1. The van der Waals surface area contributed by atoms with E-state index < -0.39 is 23.4 Å². The number of hydrogen-bond donors (Lipinski definition) is 1. The number of nitrogens with zero attached hydrogens (tertiary/aromatic N) is 3. The third-order valence-electron chi connectivity index (χ3n) is 2.67. The van der Waals surface area contributed by atoms with Crippen molar-refractivity contribution in [1.29, 1.82) is 0 Å². The second-order valence-electron chi connectivity index (χ2n) is 4.47. The van der Waals surface area contributed by atoms with Crippen molar-refractivity contribution in [2.24, 2.45) is 0 Å². The Morgan fingerprint density at radius 1 is 1.30 bits per heavy atom. The number of rotatable bonds is 5. The lowest BCUT2D eigenvalue weighted by atomic mass is 10.3. The molecule has 1 amide bonds. The standard InChI is InChI=1S/C14H12N4O5/c1-9-6-16-12(7-15-9)14(20)23-8-13(19)17-10-3-2-4-11(5-10)18(21)22/h2-7H,8H2,1H3,(H,17,19). The van der Waals surface area contributed by atoms with E-state index in [0.717, 1.165) is 0 Å². The van der Waals surface area contributed by atoms with Gasteiger partial charge in [0.25, 0.3) is 11.6 Å². The molecule has 1 aromatic heterocycles. The number of aromatic nitrogens is 2. The number of ether oxygens (including phenoxy) is 1. The number of anilines is 1. The SMILES string of the molecule is Cc1cnc(C(=O)OCC(=O)Nc2cccc([N+](=O)[O-])c2)cn1. The molecule has 0 aliphatic carbocycles. The number of aryl methyl sites for hydroxylation is 1. The van der Waals surface area contributed by atoms with Gasteiger partial charge >= 0.3 is 5.97 Å². The van der Waals surface area contributed by atoms with Crippen molar-refractivity contribution in [3.8, 4) is 0 Å². The number of nitro groups is 1.